The van der Waals surface area contributed by atoms with Crippen LogP contribution in [0.5, 0.6) is 0 Å². The second-order valence-corrected chi connectivity index (χ2v) is 6.12. The Balaban J connectivity index is 2.48. The molecular formula is C13H17Cl2N3S. The number of hydrogen-bond acceptors (Lipinski definition) is 3. The molecule has 2 aromatic heterocycles. The lowest BCUT2D eigenvalue weighted by Crippen LogP contribution is -2.21. The Labute approximate surface area is 127 Å². The lowest BCUT2D eigenvalue weighted by Gasteiger charge is -2.18. The van der Waals surface area contributed by atoms with Gasteiger partial charge >= 0.3 is 0 Å². The average molecular weight is 318 g/mol. The van der Waals surface area contributed by atoms with Crippen LogP contribution in [0.1, 0.15) is 35.5 Å². The Morgan fingerprint density at radius 1 is 1.47 bits per heavy atom. The van der Waals surface area contributed by atoms with Gasteiger partial charge in [-0.2, -0.15) is 5.10 Å². The van der Waals surface area contributed by atoms with Crippen LogP contribution in [0.2, 0.25) is 10.0 Å². The summed E-state index contributed by atoms with van der Waals surface area (Å²) in [5.74, 6) is 0. The first kappa shape index (κ1) is 14.9. The predicted molar refractivity (Wildman–Crippen MR) is 82.5 cm³/mol. The van der Waals surface area contributed by atoms with Crippen molar-refractivity contribution in [1.82, 2.24) is 15.1 Å². The summed E-state index contributed by atoms with van der Waals surface area (Å²) < 4.78 is 1.95. The van der Waals surface area contributed by atoms with Crippen molar-refractivity contribution in [1.29, 1.82) is 0 Å². The summed E-state index contributed by atoms with van der Waals surface area (Å²) in [7, 11) is 1.91. The molecule has 2 heterocycles. The van der Waals surface area contributed by atoms with Crippen LogP contribution in [-0.2, 0) is 6.54 Å². The van der Waals surface area contributed by atoms with Crippen LogP contribution in [0.15, 0.2) is 11.6 Å². The van der Waals surface area contributed by atoms with Crippen molar-refractivity contribution in [3.8, 4) is 0 Å². The third kappa shape index (κ3) is 2.82. The Bertz CT molecular complexity index is 562. The highest BCUT2D eigenvalue weighted by Gasteiger charge is 2.24. The fourth-order valence-corrected chi connectivity index (χ4v) is 3.75. The first-order chi connectivity index (χ1) is 9.10. The van der Waals surface area contributed by atoms with Gasteiger partial charge in [0, 0.05) is 11.4 Å². The standard InChI is InChI=1S/C13H17Cl2N3S/c1-4-5-18-12(9(14)6-17-18)11(16-3)13-10(15)8(2)7-19-13/h6-7,11,16H,4-5H2,1-3H3. The SMILES string of the molecule is CCCn1ncc(Cl)c1C(NC)c1scc(C)c1Cl. The monoisotopic (exact) mass is 317 g/mol. The van der Waals surface area contributed by atoms with Gasteiger partial charge in [0.05, 0.1) is 28.0 Å². The fraction of sp³-hybridized carbons (Fsp3) is 0.462. The number of thiophene rings is 1. The molecule has 0 amide bonds. The molecule has 0 bridgehead atoms. The van der Waals surface area contributed by atoms with E-state index in [1.165, 1.54) is 0 Å². The summed E-state index contributed by atoms with van der Waals surface area (Å²) in [5.41, 5.74) is 2.08. The van der Waals surface area contributed by atoms with Gasteiger partial charge in [-0.1, -0.05) is 30.1 Å². The highest BCUT2D eigenvalue weighted by molar-refractivity contribution is 7.10. The molecule has 0 saturated carbocycles. The van der Waals surface area contributed by atoms with Crippen molar-refractivity contribution in [3.63, 3.8) is 0 Å². The van der Waals surface area contributed by atoms with E-state index in [2.05, 4.69) is 22.7 Å². The molecule has 1 unspecified atom stereocenters. The van der Waals surface area contributed by atoms with E-state index in [4.69, 9.17) is 23.2 Å². The second-order valence-electron chi connectivity index (χ2n) is 4.42. The van der Waals surface area contributed by atoms with Gasteiger partial charge in [0.1, 0.15) is 0 Å². The van der Waals surface area contributed by atoms with E-state index in [-0.39, 0.29) is 6.04 Å². The molecule has 19 heavy (non-hydrogen) atoms. The lowest BCUT2D eigenvalue weighted by atomic mass is 10.1. The summed E-state index contributed by atoms with van der Waals surface area (Å²) in [6.45, 7) is 4.98. The van der Waals surface area contributed by atoms with Crippen LogP contribution in [0.3, 0.4) is 0 Å². The van der Waals surface area contributed by atoms with E-state index >= 15 is 0 Å². The van der Waals surface area contributed by atoms with E-state index in [1.54, 1.807) is 17.5 Å². The van der Waals surface area contributed by atoms with Gasteiger partial charge in [-0.15, -0.1) is 11.3 Å². The summed E-state index contributed by atoms with van der Waals surface area (Å²) >= 11 is 14.3. The Hall–Kier alpha value is -0.550. The molecule has 3 nitrogen and oxygen atoms in total. The predicted octanol–water partition coefficient (Wildman–Crippen LogP) is 4.28. The minimum Gasteiger partial charge on any atom is -0.307 e. The second kappa shape index (κ2) is 6.27. The van der Waals surface area contributed by atoms with Crippen LogP contribution in [0, 0.1) is 6.92 Å². The Morgan fingerprint density at radius 2 is 2.21 bits per heavy atom. The van der Waals surface area contributed by atoms with Gasteiger partial charge < -0.3 is 5.32 Å². The number of halogens is 2. The van der Waals surface area contributed by atoms with Crippen LogP contribution in [0.25, 0.3) is 0 Å². The summed E-state index contributed by atoms with van der Waals surface area (Å²) in [6.07, 6.45) is 2.71. The summed E-state index contributed by atoms with van der Waals surface area (Å²) in [6, 6.07) is -0.0206. The molecule has 0 fully saturated rings. The smallest absolute Gasteiger partial charge is 0.0869 e. The maximum Gasteiger partial charge on any atom is 0.0869 e. The van der Waals surface area contributed by atoms with Crippen molar-refractivity contribution in [3.05, 3.63) is 37.8 Å². The van der Waals surface area contributed by atoms with Crippen molar-refractivity contribution < 1.29 is 0 Å². The molecule has 0 aliphatic rings. The highest BCUT2D eigenvalue weighted by atomic mass is 35.5. The number of aromatic nitrogens is 2. The minimum absolute atomic E-state index is 0.0206. The van der Waals surface area contributed by atoms with E-state index in [1.807, 2.05) is 18.7 Å². The van der Waals surface area contributed by atoms with Crippen LogP contribution >= 0.6 is 34.5 Å². The maximum absolute atomic E-state index is 6.38. The van der Waals surface area contributed by atoms with Crippen molar-refractivity contribution in [2.75, 3.05) is 7.05 Å². The third-order valence-electron chi connectivity index (χ3n) is 3.02. The molecule has 0 saturated heterocycles. The fourth-order valence-electron chi connectivity index (χ4n) is 2.09. The number of nitrogens with zero attached hydrogens (tertiary/aromatic N) is 2. The molecular weight excluding hydrogens is 301 g/mol. The van der Waals surface area contributed by atoms with Gasteiger partial charge in [-0.05, 0) is 31.3 Å². The highest BCUT2D eigenvalue weighted by Crippen LogP contribution is 2.37. The molecule has 104 valence electrons. The van der Waals surface area contributed by atoms with Crippen LogP contribution in [-0.4, -0.2) is 16.8 Å². The summed E-state index contributed by atoms with van der Waals surface area (Å²) in [5, 5.41) is 11.2. The van der Waals surface area contributed by atoms with Gasteiger partial charge in [0.15, 0.2) is 0 Å². The molecule has 2 rings (SSSR count). The zero-order valence-corrected chi connectivity index (χ0v) is 13.5. The minimum atomic E-state index is -0.0206. The van der Waals surface area contributed by atoms with Gasteiger partial charge in [0.2, 0.25) is 0 Å². The molecule has 1 N–H and O–H groups in total. The zero-order valence-electron chi connectivity index (χ0n) is 11.2. The normalized spacial score (nSPS) is 12.9. The Kier molecular flexibility index (Phi) is 4.90. The summed E-state index contributed by atoms with van der Waals surface area (Å²) in [4.78, 5) is 1.08. The quantitative estimate of drug-likeness (QED) is 0.892. The van der Waals surface area contributed by atoms with Crippen molar-refractivity contribution in [2.45, 2.75) is 32.9 Å². The van der Waals surface area contributed by atoms with E-state index in [0.717, 1.165) is 34.1 Å². The maximum atomic E-state index is 6.38. The lowest BCUT2D eigenvalue weighted by molar-refractivity contribution is 0.538. The molecule has 6 heteroatoms. The van der Waals surface area contributed by atoms with E-state index < -0.39 is 0 Å². The van der Waals surface area contributed by atoms with E-state index in [9.17, 15) is 0 Å². The molecule has 0 aliphatic heterocycles. The molecule has 1 atom stereocenters. The average Bonchev–Trinajstić information content (AvgIpc) is 2.90. The van der Waals surface area contributed by atoms with Crippen molar-refractivity contribution >= 4 is 34.5 Å². The van der Waals surface area contributed by atoms with E-state index in [0.29, 0.717) is 5.02 Å². The molecule has 0 aromatic carbocycles. The number of rotatable bonds is 5. The Morgan fingerprint density at radius 3 is 2.74 bits per heavy atom. The molecule has 0 spiro atoms. The topological polar surface area (TPSA) is 29.9 Å². The first-order valence-corrected chi connectivity index (χ1v) is 7.85. The number of hydrogen-bond donors (Lipinski definition) is 1. The third-order valence-corrected chi connectivity index (χ3v) is 5.09. The largest absolute Gasteiger partial charge is 0.307 e. The number of aryl methyl sites for hydroxylation is 2. The zero-order chi connectivity index (χ0) is 14.0. The first-order valence-electron chi connectivity index (χ1n) is 6.22. The number of nitrogens with one attached hydrogen (secondary N) is 1. The molecule has 0 radical (unpaired) electrons. The van der Waals surface area contributed by atoms with Crippen molar-refractivity contribution in [2.24, 2.45) is 0 Å². The van der Waals surface area contributed by atoms with Gasteiger partial charge in [-0.25, -0.2) is 0 Å². The molecule has 0 aliphatic carbocycles. The van der Waals surface area contributed by atoms with Crippen LogP contribution in [0.4, 0.5) is 0 Å². The molecule has 2 aromatic rings. The van der Waals surface area contributed by atoms with Crippen LogP contribution < -0.4 is 5.32 Å². The van der Waals surface area contributed by atoms with Gasteiger partial charge in [0.25, 0.3) is 0 Å². The van der Waals surface area contributed by atoms with Gasteiger partial charge in [-0.3, -0.25) is 4.68 Å².